The number of anilines is 3. The largest absolute Gasteiger partial charge is 0.364 e. The van der Waals surface area contributed by atoms with Gasteiger partial charge in [-0.2, -0.15) is 25.9 Å². The molecular formula is C32H38N10O3S. The number of benzene rings is 1. The molecule has 3 aromatic heterocycles. The third kappa shape index (κ3) is 7.56. The maximum atomic E-state index is 13.7. The number of aromatic nitrogens is 5. The van der Waals surface area contributed by atoms with Gasteiger partial charge < -0.3 is 16.0 Å². The topological polar surface area (TPSA) is 177 Å². The summed E-state index contributed by atoms with van der Waals surface area (Å²) >= 11 is 0. The zero-order valence-corrected chi connectivity index (χ0v) is 26.4. The smallest absolute Gasteiger partial charge is 0.323 e. The zero-order valence-electron chi connectivity index (χ0n) is 25.6. The number of amides is 2. The van der Waals surface area contributed by atoms with Crippen molar-refractivity contribution in [3.63, 3.8) is 0 Å². The average molecular weight is 643 g/mol. The molecule has 13 nitrogen and oxygen atoms in total. The second-order valence-electron chi connectivity index (χ2n) is 11.8. The zero-order chi connectivity index (χ0) is 32.1. The molecule has 0 radical (unpaired) electrons. The minimum absolute atomic E-state index is 0.0632. The quantitative estimate of drug-likeness (QED) is 0.163. The van der Waals surface area contributed by atoms with E-state index in [-0.39, 0.29) is 29.9 Å². The van der Waals surface area contributed by atoms with E-state index in [4.69, 9.17) is 4.98 Å². The molecule has 1 aromatic carbocycles. The Morgan fingerprint density at radius 2 is 1.80 bits per heavy atom. The molecule has 1 saturated carbocycles. The number of carbonyl (C=O) groups excluding carboxylic acids is 1. The highest BCUT2D eigenvalue weighted by atomic mass is 32.3. The fourth-order valence-electron chi connectivity index (χ4n) is 6.02. The molecule has 1 unspecified atom stereocenters. The molecular weight excluding hydrogens is 604 g/mol. The van der Waals surface area contributed by atoms with Crippen molar-refractivity contribution >= 4 is 34.2 Å². The van der Waals surface area contributed by atoms with Crippen molar-refractivity contribution in [1.29, 1.82) is 5.26 Å². The third-order valence-corrected chi connectivity index (χ3v) is 10.3. The molecule has 14 heteroatoms. The van der Waals surface area contributed by atoms with Crippen LogP contribution >= 0.6 is 10.6 Å². The van der Waals surface area contributed by atoms with Gasteiger partial charge in [-0.25, -0.2) is 14.8 Å². The molecule has 4 aromatic rings. The summed E-state index contributed by atoms with van der Waals surface area (Å²) in [5.41, 5.74) is 3.20. The van der Waals surface area contributed by atoms with Crippen LogP contribution in [0.4, 0.5) is 22.4 Å². The Labute approximate surface area is 269 Å². The number of carbonyl (C=O) groups is 1. The summed E-state index contributed by atoms with van der Waals surface area (Å²) in [4.78, 5) is 29.1. The van der Waals surface area contributed by atoms with Crippen LogP contribution in [0.3, 0.4) is 0 Å². The minimum Gasteiger partial charge on any atom is -0.364 e. The second kappa shape index (κ2) is 13.7. The van der Waals surface area contributed by atoms with E-state index < -0.39 is 10.6 Å². The van der Waals surface area contributed by atoms with Gasteiger partial charge in [0.2, 0.25) is 5.95 Å². The van der Waals surface area contributed by atoms with Crippen LogP contribution in [0.25, 0.3) is 11.1 Å². The van der Waals surface area contributed by atoms with Gasteiger partial charge in [-0.1, -0.05) is 30.3 Å². The van der Waals surface area contributed by atoms with E-state index in [1.165, 1.54) is 6.20 Å². The van der Waals surface area contributed by atoms with Gasteiger partial charge in [-0.3, -0.25) is 18.7 Å². The van der Waals surface area contributed by atoms with Gasteiger partial charge in [0.05, 0.1) is 18.1 Å². The molecule has 1 aliphatic carbocycles. The van der Waals surface area contributed by atoms with Crippen LogP contribution in [-0.4, -0.2) is 69.5 Å². The number of aryl methyl sites for hydroxylation is 1. The van der Waals surface area contributed by atoms with E-state index in [1.54, 1.807) is 22.0 Å². The number of pyridine rings is 1. The number of rotatable bonds is 9. The summed E-state index contributed by atoms with van der Waals surface area (Å²) in [5.74, 6) is 1.96. The SMILES string of the molecule is Cn1cc(-c2ccc(N(C(=O)NCc3ccccc3)C3CCC(Nc4ncc(C#N)c(NC5CCS(O)(O)C5)n4)CC3)nc2)cn1. The number of hydrogen-bond acceptors (Lipinski definition) is 10. The van der Waals surface area contributed by atoms with Crippen LogP contribution in [-0.2, 0) is 13.6 Å². The summed E-state index contributed by atoms with van der Waals surface area (Å²) in [5, 5.41) is 23.5. The molecule has 2 aliphatic rings. The molecule has 0 spiro atoms. The standard InChI is InChI=1S/C32H38N10O3S/c1-41-20-25(19-37-41)23-7-12-29(34-17-23)42(32(43)36-16-22-5-3-2-4-6-22)28-10-8-26(9-11-28)39-31-35-18-24(15-33)30(40-31)38-27-13-14-46(44,45)21-27/h2-7,12,17-20,26-28,44-45H,8-11,13-14,16,21H2,1H3,(H,36,43)(H2,35,38,39,40). The molecule has 1 aliphatic heterocycles. The van der Waals surface area contributed by atoms with Crippen molar-refractivity contribution in [3.05, 3.63) is 78.4 Å². The molecule has 0 bridgehead atoms. The maximum absolute atomic E-state index is 13.7. The highest BCUT2D eigenvalue weighted by Gasteiger charge is 2.32. The van der Waals surface area contributed by atoms with Crippen molar-refractivity contribution in [2.45, 2.75) is 56.8 Å². The maximum Gasteiger partial charge on any atom is 0.323 e. The van der Waals surface area contributed by atoms with Crippen molar-refractivity contribution in [3.8, 4) is 17.2 Å². The molecule has 6 rings (SSSR count). The number of nitriles is 1. The highest BCUT2D eigenvalue weighted by molar-refractivity contribution is 8.24. The van der Waals surface area contributed by atoms with Gasteiger partial charge in [0.15, 0.2) is 0 Å². The molecule has 240 valence electrons. The van der Waals surface area contributed by atoms with Crippen LogP contribution in [0, 0.1) is 11.3 Å². The monoisotopic (exact) mass is 642 g/mol. The second-order valence-corrected chi connectivity index (χ2v) is 14.2. The lowest BCUT2D eigenvalue weighted by atomic mass is 9.90. The average Bonchev–Trinajstić information content (AvgIpc) is 3.65. The Bertz CT molecular complexity index is 1680. The summed E-state index contributed by atoms with van der Waals surface area (Å²) in [6.07, 6.45) is 10.6. The lowest BCUT2D eigenvalue weighted by Gasteiger charge is -2.36. The first-order valence-corrected chi connectivity index (χ1v) is 17.2. The van der Waals surface area contributed by atoms with Crippen LogP contribution in [0.2, 0.25) is 0 Å². The highest BCUT2D eigenvalue weighted by Crippen LogP contribution is 2.46. The molecule has 1 saturated heterocycles. The summed E-state index contributed by atoms with van der Waals surface area (Å²) in [7, 11) is -0.715. The Morgan fingerprint density at radius 3 is 2.46 bits per heavy atom. The van der Waals surface area contributed by atoms with Crippen molar-refractivity contribution < 1.29 is 13.9 Å². The third-order valence-electron chi connectivity index (χ3n) is 8.44. The fraction of sp³-hybridized carbons (Fsp3) is 0.375. The molecule has 4 heterocycles. The Kier molecular flexibility index (Phi) is 9.34. The van der Waals surface area contributed by atoms with E-state index in [9.17, 15) is 19.2 Å². The predicted octanol–water partition coefficient (Wildman–Crippen LogP) is 5.22. The fourth-order valence-corrected chi connectivity index (χ4v) is 7.74. The number of nitrogens with one attached hydrogen (secondary N) is 3. The molecule has 5 N–H and O–H groups in total. The summed E-state index contributed by atoms with van der Waals surface area (Å²) in [6, 6.07) is 15.4. The van der Waals surface area contributed by atoms with Crippen molar-refractivity contribution in [2.24, 2.45) is 7.05 Å². The molecule has 1 atom stereocenters. The van der Waals surface area contributed by atoms with E-state index in [0.29, 0.717) is 41.9 Å². The van der Waals surface area contributed by atoms with Gasteiger partial charge in [0, 0.05) is 61.0 Å². The predicted molar refractivity (Wildman–Crippen MR) is 179 cm³/mol. The van der Waals surface area contributed by atoms with Gasteiger partial charge >= 0.3 is 6.03 Å². The number of nitrogens with zero attached hydrogens (tertiary/aromatic N) is 7. The minimum atomic E-state index is -2.58. The van der Waals surface area contributed by atoms with Crippen LogP contribution in [0.15, 0.2) is 67.3 Å². The van der Waals surface area contributed by atoms with Gasteiger partial charge in [0.25, 0.3) is 0 Å². The summed E-state index contributed by atoms with van der Waals surface area (Å²) < 4.78 is 21.7. The van der Waals surface area contributed by atoms with Crippen molar-refractivity contribution in [1.82, 2.24) is 30.0 Å². The summed E-state index contributed by atoms with van der Waals surface area (Å²) in [6.45, 7) is 0.410. The normalized spacial score (nSPS) is 21.1. The first kappa shape index (κ1) is 31.3. The Balaban J connectivity index is 1.13. The lowest BCUT2D eigenvalue weighted by molar-refractivity contribution is 0.240. The number of hydrogen-bond donors (Lipinski definition) is 5. The first-order valence-electron chi connectivity index (χ1n) is 15.4. The number of urea groups is 1. The van der Waals surface area contributed by atoms with Gasteiger partial charge in [-0.05, 0) is 49.8 Å². The van der Waals surface area contributed by atoms with Crippen LogP contribution in [0.5, 0.6) is 0 Å². The van der Waals surface area contributed by atoms with E-state index >= 15 is 0 Å². The lowest BCUT2D eigenvalue weighted by Crippen LogP contribution is -2.49. The molecule has 46 heavy (non-hydrogen) atoms. The Hall–Kier alpha value is -4.71. The van der Waals surface area contributed by atoms with Crippen LogP contribution in [0.1, 0.15) is 43.2 Å². The first-order chi connectivity index (χ1) is 22.3. The van der Waals surface area contributed by atoms with E-state index in [2.05, 4.69) is 37.1 Å². The Morgan fingerprint density at radius 1 is 1.00 bits per heavy atom. The van der Waals surface area contributed by atoms with Gasteiger partial charge in [-0.15, -0.1) is 0 Å². The van der Waals surface area contributed by atoms with E-state index in [0.717, 1.165) is 42.4 Å². The molecule has 2 fully saturated rings. The van der Waals surface area contributed by atoms with Crippen molar-refractivity contribution in [2.75, 3.05) is 27.0 Å². The van der Waals surface area contributed by atoms with Crippen LogP contribution < -0.4 is 20.9 Å². The van der Waals surface area contributed by atoms with E-state index in [1.807, 2.05) is 55.7 Å². The van der Waals surface area contributed by atoms with Gasteiger partial charge in [0.1, 0.15) is 23.3 Å². The molecule has 2 amide bonds.